The van der Waals surface area contributed by atoms with E-state index in [4.69, 9.17) is 9.47 Å². The van der Waals surface area contributed by atoms with Crippen LogP contribution in [-0.4, -0.2) is 65.4 Å². The molecule has 6 heteroatoms. The third kappa shape index (κ3) is 5.61. The molecule has 0 saturated carbocycles. The first-order valence-electron chi connectivity index (χ1n) is 8.97. The Bertz CT molecular complexity index is 533. The molecule has 0 aromatic heterocycles. The van der Waals surface area contributed by atoms with Gasteiger partial charge in [0.2, 0.25) is 0 Å². The Kier molecular flexibility index (Phi) is 8.01. The van der Waals surface area contributed by atoms with E-state index in [1.807, 2.05) is 12.1 Å². The third-order valence-corrected chi connectivity index (χ3v) is 4.82. The van der Waals surface area contributed by atoms with E-state index in [1.54, 1.807) is 21.3 Å². The van der Waals surface area contributed by atoms with E-state index in [2.05, 4.69) is 39.7 Å². The predicted molar refractivity (Wildman–Crippen MR) is 102 cm³/mol. The molecule has 0 radical (unpaired) electrons. The van der Waals surface area contributed by atoms with Crippen molar-refractivity contribution < 1.29 is 9.47 Å². The fourth-order valence-corrected chi connectivity index (χ4v) is 3.52. The van der Waals surface area contributed by atoms with Crippen LogP contribution < -0.4 is 15.4 Å². The van der Waals surface area contributed by atoms with Gasteiger partial charge in [-0.1, -0.05) is 12.1 Å². The zero-order chi connectivity index (χ0) is 18.1. The van der Waals surface area contributed by atoms with Gasteiger partial charge in [0.05, 0.1) is 13.7 Å². The fraction of sp³-hybridized carbons (Fsp3) is 0.632. The molecule has 2 atom stereocenters. The van der Waals surface area contributed by atoms with Gasteiger partial charge in [0.15, 0.2) is 5.96 Å². The highest BCUT2D eigenvalue weighted by Crippen LogP contribution is 2.35. The average Bonchev–Trinajstić information content (AvgIpc) is 2.65. The molecule has 0 spiro atoms. The van der Waals surface area contributed by atoms with Crippen LogP contribution in [0.5, 0.6) is 5.75 Å². The van der Waals surface area contributed by atoms with Crippen molar-refractivity contribution in [1.82, 2.24) is 15.5 Å². The van der Waals surface area contributed by atoms with Crippen LogP contribution in [0.4, 0.5) is 0 Å². The second kappa shape index (κ2) is 10.3. The number of likely N-dealkylation sites (tertiary alicyclic amines) is 1. The van der Waals surface area contributed by atoms with E-state index >= 15 is 0 Å². The number of rotatable bonds is 7. The Hall–Kier alpha value is -1.79. The number of nitrogens with one attached hydrogen (secondary N) is 2. The molecule has 2 N–H and O–H groups in total. The van der Waals surface area contributed by atoms with Crippen molar-refractivity contribution in [3.8, 4) is 5.75 Å². The summed E-state index contributed by atoms with van der Waals surface area (Å²) in [4.78, 5) is 6.75. The number of aliphatic imine (C=N–C) groups is 1. The molecule has 1 aliphatic rings. The lowest BCUT2D eigenvalue weighted by Gasteiger charge is -2.40. The van der Waals surface area contributed by atoms with Gasteiger partial charge < -0.3 is 20.1 Å². The molecule has 1 fully saturated rings. The van der Waals surface area contributed by atoms with Gasteiger partial charge >= 0.3 is 0 Å². The van der Waals surface area contributed by atoms with E-state index in [9.17, 15) is 0 Å². The van der Waals surface area contributed by atoms with Gasteiger partial charge in [-0.3, -0.25) is 9.89 Å². The van der Waals surface area contributed by atoms with E-state index in [0.29, 0.717) is 18.6 Å². The van der Waals surface area contributed by atoms with Gasteiger partial charge in [-0.05, 0) is 50.0 Å². The number of piperidine rings is 1. The van der Waals surface area contributed by atoms with Crippen molar-refractivity contribution in [2.75, 3.05) is 54.6 Å². The van der Waals surface area contributed by atoms with E-state index in [0.717, 1.165) is 31.3 Å². The smallest absolute Gasteiger partial charge is 0.191 e. The van der Waals surface area contributed by atoms with Crippen molar-refractivity contribution in [1.29, 1.82) is 0 Å². The molecule has 1 aromatic rings. The van der Waals surface area contributed by atoms with E-state index in [-0.39, 0.29) is 0 Å². The number of hydrogen-bond donors (Lipinski definition) is 2. The Labute approximate surface area is 151 Å². The standard InChI is InChI=1S/C19H32N4O2/c1-20-19(21-11-13-24-3)22-14-16-6-5-12-23(2)18(16)15-7-9-17(25-4)10-8-15/h7-10,16,18H,5-6,11-14H2,1-4H3,(H2,20,21,22). The lowest BCUT2D eigenvalue weighted by molar-refractivity contribution is 0.122. The number of benzene rings is 1. The van der Waals surface area contributed by atoms with Crippen LogP contribution in [0.3, 0.4) is 0 Å². The lowest BCUT2D eigenvalue weighted by Crippen LogP contribution is -2.45. The predicted octanol–water partition coefficient (Wildman–Crippen LogP) is 1.89. The van der Waals surface area contributed by atoms with E-state index < -0.39 is 0 Å². The van der Waals surface area contributed by atoms with Crippen LogP contribution in [0.2, 0.25) is 0 Å². The molecule has 1 saturated heterocycles. The second-order valence-corrected chi connectivity index (χ2v) is 6.47. The van der Waals surface area contributed by atoms with Crippen LogP contribution in [0.15, 0.2) is 29.3 Å². The molecule has 0 aliphatic carbocycles. The van der Waals surface area contributed by atoms with Crippen LogP contribution in [-0.2, 0) is 4.74 Å². The molecule has 1 heterocycles. The largest absolute Gasteiger partial charge is 0.497 e. The first-order valence-corrected chi connectivity index (χ1v) is 8.97. The summed E-state index contributed by atoms with van der Waals surface area (Å²) in [5.74, 6) is 2.27. The van der Waals surface area contributed by atoms with Gasteiger partial charge in [-0.2, -0.15) is 0 Å². The summed E-state index contributed by atoms with van der Waals surface area (Å²) in [6, 6.07) is 8.87. The van der Waals surface area contributed by atoms with E-state index in [1.165, 1.54) is 18.4 Å². The first-order chi connectivity index (χ1) is 12.2. The summed E-state index contributed by atoms with van der Waals surface area (Å²) < 4.78 is 10.4. The van der Waals surface area contributed by atoms with Crippen molar-refractivity contribution >= 4 is 5.96 Å². The summed E-state index contributed by atoms with van der Waals surface area (Å²) in [6.07, 6.45) is 2.44. The maximum atomic E-state index is 5.29. The molecule has 1 aromatic carbocycles. The Morgan fingerprint density at radius 2 is 2.00 bits per heavy atom. The zero-order valence-corrected chi connectivity index (χ0v) is 15.9. The Morgan fingerprint density at radius 3 is 2.64 bits per heavy atom. The highest BCUT2D eigenvalue weighted by Gasteiger charge is 2.30. The molecule has 25 heavy (non-hydrogen) atoms. The van der Waals surface area contributed by atoms with Crippen molar-refractivity contribution in [2.24, 2.45) is 10.9 Å². The van der Waals surface area contributed by atoms with Gasteiger partial charge in [0.25, 0.3) is 0 Å². The quantitative estimate of drug-likeness (QED) is 0.448. The van der Waals surface area contributed by atoms with Crippen LogP contribution >= 0.6 is 0 Å². The summed E-state index contributed by atoms with van der Waals surface area (Å²) in [5.41, 5.74) is 1.34. The number of nitrogens with zero attached hydrogens (tertiary/aromatic N) is 2. The highest BCUT2D eigenvalue weighted by molar-refractivity contribution is 5.79. The number of methoxy groups -OCH3 is 2. The minimum atomic E-state index is 0.407. The molecule has 0 amide bonds. The van der Waals surface area contributed by atoms with Crippen molar-refractivity contribution in [3.05, 3.63) is 29.8 Å². The van der Waals surface area contributed by atoms with Gasteiger partial charge in [0, 0.05) is 33.3 Å². The maximum Gasteiger partial charge on any atom is 0.191 e. The monoisotopic (exact) mass is 348 g/mol. The Morgan fingerprint density at radius 1 is 1.24 bits per heavy atom. The number of ether oxygens (including phenoxy) is 2. The van der Waals surface area contributed by atoms with Crippen LogP contribution in [0.25, 0.3) is 0 Å². The SMILES string of the molecule is CN=C(NCCOC)NCC1CCCN(C)C1c1ccc(OC)cc1. The minimum Gasteiger partial charge on any atom is -0.497 e. The van der Waals surface area contributed by atoms with Gasteiger partial charge in [-0.15, -0.1) is 0 Å². The molecule has 2 unspecified atom stereocenters. The summed E-state index contributed by atoms with van der Waals surface area (Å²) in [5, 5.41) is 6.75. The minimum absolute atomic E-state index is 0.407. The number of guanidine groups is 1. The average molecular weight is 348 g/mol. The third-order valence-electron chi connectivity index (χ3n) is 4.82. The molecular formula is C19H32N4O2. The zero-order valence-electron chi connectivity index (χ0n) is 15.9. The summed E-state index contributed by atoms with van der Waals surface area (Å²) in [6.45, 7) is 3.45. The normalized spacial score (nSPS) is 21.8. The summed E-state index contributed by atoms with van der Waals surface area (Å²) >= 11 is 0. The maximum absolute atomic E-state index is 5.29. The molecule has 6 nitrogen and oxygen atoms in total. The Balaban J connectivity index is 2.00. The fourth-order valence-electron chi connectivity index (χ4n) is 3.52. The summed E-state index contributed by atoms with van der Waals surface area (Å²) in [7, 11) is 7.43. The molecular weight excluding hydrogens is 316 g/mol. The highest BCUT2D eigenvalue weighted by atomic mass is 16.5. The van der Waals surface area contributed by atoms with Crippen LogP contribution in [0.1, 0.15) is 24.4 Å². The van der Waals surface area contributed by atoms with Crippen LogP contribution in [0, 0.1) is 5.92 Å². The van der Waals surface area contributed by atoms with Crippen molar-refractivity contribution in [3.63, 3.8) is 0 Å². The topological polar surface area (TPSA) is 58.1 Å². The molecule has 0 bridgehead atoms. The first kappa shape index (κ1) is 19.5. The van der Waals surface area contributed by atoms with Gasteiger partial charge in [-0.25, -0.2) is 0 Å². The molecule has 1 aliphatic heterocycles. The van der Waals surface area contributed by atoms with Crippen molar-refractivity contribution in [2.45, 2.75) is 18.9 Å². The lowest BCUT2D eigenvalue weighted by atomic mass is 9.85. The number of hydrogen-bond acceptors (Lipinski definition) is 4. The second-order valence-electron chi connectivity index (χ2n) is 6.47. The molecule has 140 valence electrons. The molecule has 2 rings (SSSR count). The van der Waals surface area contributed by atoms with Gasteiger partial charge in [0.1, 0.15) is 5.75 Å².